The summed E-state index contributed by atoms with van der Waals surface area (Å²) in [6.45, 7) is 1.01. The number of fused-ring (bicyclic) bond motifs is 1. The van der Waals surface area contributed by atoms with Crippen LogP contribution in [0.5, 0.6) is 5.75 Å². The summed E-state index contributed by atoms with van der Waals surface area (Å²) < 4.78 is 0. The number of carbonyl (C=O) groups excluding carboxylic acids is 2. The number of aromatic hydroxyl groups is 1. The molecule has 1 aliphatic carbocycles. The van der Waals surface area contributed by atoms with Crippen molar-refractivity contribution in [3.05, 3.63) is 27.7 Å². The summed E-state index contributed by atoms with van der Waals surface area (Å²) in [5, 5.41) is 20.3. The fraction of sp³-hybridized carbons (Fsp3) is 0.556. The Morgan fingerprint density at radius 2 is 1.88 bits per heavy atom. The van der Waals surface area contributed by atoms with E-state index in [4.69, 9.17) is 23.2 Å². The van der Waals surface area contributed by atoms with Crippen molar-refractivity contribution in [2.45, 2.75) is 37.3 Å². The highest BCUT2D eigenvalue weighted by molar-refractivity contribution is 6.42. The predicted octanol–water partition coefficient (Wildman–Crippen LogP) is 2.00. The van der Waals surface area contributed by atoms with Gasteiger partial charge in [0.25, 0.3) is 0 Å². The first-order chi connectivity index (χ1) is 12.3. The van der Waals surface area contributed by atoms with Crippen LogP contribution in [0.25, 0.3) is 0 Å². The second kappa shape index (κ2) is 6.59. The maximum Gasteiger partial charge on any atom is 0.242 e. The van der Waals surface area contributed by atoms with E-state index in [1.807, 2.05) is 0 Å². The van der Waals surface area contributed by atoms with Gasteiger partial charge in [0.05, 0.1) is 28.7 Å². The minimum absolute atomic E-state index is 0.0459. The molecule has 6 nitrogen and oxygen atoms in total. The first-order valence-corrected chi connectivity index (χ1v) is 9.54. The van der Waals surface area contributed by atoms with E-state index < -0.39 is 6.10 Å². The van der Waals surface area contributed by atoms with Crippen LogP contribution in [-0.2, 0) is 9.59 Å². The van der Waals surface area contributed by atoms with Crippen LogP contribution >= 0.6 is 23.2 Å². The van der Waals surface area contributed by atoms with Gasteiger partial charge in [-0.1, -0.05) is 23.2 Å². The third-order valence-corrected chi connectivity index (χ3v) is 6.60. The molecule has 0 unspecified atom stereocenters. The van der Waals surface area contributed by atoms with Gasteiger partial charge in [-0.25, -0.2) is 0 Å². The number of halogens is 2. The standard InChI is InChI=1S/C18H20Cl2N2O4/c19-13-1-2-14(24)16(17(13)20)10-3-11-7-21(8-15(25)22(11)6-10)18(26)9-4-12(23)5-9/h1-2,9-12,23-24H,3-8H2/t9?,10-,11-,12?/m0/s1. The fourth-order valence-corrected chi connectivity index (χ4v) is 4.82. The molecular formula is C18H20Cl2N2O4. The minimum Gasteiger partial charge on any atom is -0.508 e. The van der Waals surface area contributed by atoms with Crippen molar-refractivity contribution >= 4 is 35.0 Å². The van der Waals surface area contributed by atoms with E-state index in [-0.39, 0.29) is 42.0 Å². The Morgan fingerprint density at radius 1 is 1.15 bits per heavy atom. The molecule has 0 bridgehead atoms. The van der Waals surface area contributed by atoms with Crippen molar-refractivity contribution in [1.82, 2.24) is 9.80 Å². The molecule has 2 N–H and O–H groups in total. The molecule has 1 aromatic carbocycles. The number of hydrogen-bond acceptors (Lipinski definition) is 4. The highest BCUT2D eigenvalue weighted by Gasteiger charge is 2.45. The summed E-state index contributed by atoms with van der Waals surface area (Å²) in [5.41, 5.74) is 0.571. The van der Waals surface area contributed by atoms with E-state index >= 15 is 0 Å². The molecule has 2 heterocycles. The lowest BCUT2D eigenvalue weighted by molar-refractivity contribution is -0.153. The second-order valence-electron chi connectivity index (χ2n) is 7.47. The van der Waals surface area contributed by atoms with Crippen LogP contribution in [0.15, 0.2) is 12.1 Å². The van der Waals surface area contributed by atoms with Crippen LogP contribution < -0.4 is 0 Å². The Kier molecular flexibility index (Phi) is 4.53. The molecule has 140 valence electrons. The van der Waals surface area contributed by atoms with Crippen LogP contribution in [-0.4, -0.2) is 63.6 Å². The molecule has 4 rings (SSSR count). The van der Waals surface area contributed by atoms with Gasteiger partial charge >= 0.3 is 0 Å². The van der Waals surface area contributed by atoms with Gasteiger partial charge in [0.15, 0.2) is 0 Å². The second-order valence-corrected chi connectivity index (χ2v) is 8.25. The van der Waals surface area contributed by atoms with E-state index in [0.717, 1.165) is 0 Å². The summed E-state index contributed by atoms with van der Waals surface area (Å²) in [5.74, 6) is -0.346. The number of amides is 2. The van der Waals surface area contributed by atoms with E-state index in [0.29, 0.717) is 48.0 Å². The smallest absolute Gasteiger partial charge is 0.242 e. The Labute approximate surface area is 161 Å². The van der Waals surface area contributed by atoms with Gasteiger partial charge in [-0.15, -0.1) is 0 Å². The summed E-state index contributed by atoms with van der Waals surface area (Å²) in [7, 11) is 0. The molecule has 1 saturated carbocycles. The zero-order valence-corrected chi connectivity index (χ0v) is 15.6. The summed E-state index contributed by atoms with van der Waals surface area (Å²) in [6, 6.07) is 2.97. The maximum atomic E-state index is 12.6. The maximum absolute atomic E-state index is 12.6. The highest BCUT2D eigenvalue weighted by atomic mass is 35.5. The molecule has 2 aliphatic heterocycles. The Hall–Kier alpha value is -1.50. The molecule has 2 atom stereocenters. The zero-order valence-electron chi connectivity index (χ0n) is 14.1. The van der Waals surface area contributed by atoms with Crippen molar-refractivity contribution in [2.24, 2.45) is 5.92 Å². The number of aliphatic hydroxyl groups is 1. The summed E-state index contributed by atoms with van der Waals surface area (Å²) in [4.78, 5) is 28.5. The molecule has 0 radical (unpaired) electrons. The molecule has 2 amide bonds. The molecule has 0 aromatic heterocycles. The van der Waals surface area contributed by atoms with E-state index in [2.05, 4.69) is 0 Å². The number of carbonyl (C=O) groups is 2. The largest absolute Gasteiger partial charge is 0.508 e. The van der Waals surface area contributed by atoms with Crippen molar-refractivity contribution in [1.29, 1.82) is 0 Å². The molecule has 8 heteroatoms. The highest BCUT2D eigenvalue weighted by Crippen LogP contribution is 2.44. The topological polar surface area (TPSA) is 81.1 Å². The number of benzene rings is 1. The summed E-state index contributed by atoms with van der Waals surface area (Å²) in [6.07, 6.45) is 1.18. The Bertz CT molecular complexity index is 766. The quantitative estimate of drug-likeness (QED) is 0.797. The normalized spacial score (nSPS) is 31.0. The van der Waals surface area contributed by atoms with Crippen molar-refractivity contribution < 1.29 is 19.8 Å². The van der Waals surface area contributed by atoms with Gasteiger partial charge < -0.3 is 20.0 Å². The van der Waals surface area contributed by atoms with Crippen LogP contribution in [0.4, 0.5) is 0 Å². The molecular weight excluding hydrogens is 379 g/mol. The lowest BCUT2D eigenvalue weighted by atomic mass is 9.81. The van der Waals surface area contributed by atoms with Gasteiger partial charge in [0, 0.05) is 30.5 Å². The van der Waals surface area contributed by atoms with Gasteiger partial charge in [0.2, 0.25) is 11.8 Å². The van der Waals surface area contributed by atoms with Gasteiger partial charge in [0.1, 0.15) is 5.75 Å². The predicted molar refractivity (Wildman–Crippen MR) is 96.3 cm³/mol. The SMILES string of the molecule is O=C(C1CC(O)C1)N1CC(=O)N2C[C@@H](c3c(O)ccc(Cl)c3Cl)C[C@H]2C1. The number of rotatable bonds is 2. The third-order valence-electron chi connectivity index (χ3n) is 5.78. The first kappa shape index (κ1) is 17.9. The van der Waals surface area contributed by atoms with Crippen molar-refractivity contribution in [3.63, 3.8) is 0 Å². The van der Waals surface area contributed by atoms with Crippen LogP contribution in [0.3, 0.4) is 0 Å². The minimum atomic E-state index is -0.398. The van der Waals surface area contributed by atoms with Gasteiger partial charge in [-0.05, 0) is 31.4 Å². The number of piperazine rings is 1. The number of aliphatic hydroxyl groups excluding tert-OH is 1. The Balaban J connectivity index is 1.51. The van der Waals surface area contributed by atoms with Gasteiger partial charge in [-0.3, -0.25) is 9.59 Å². The van der Waals surface area contributed by atoms with Crippen LogP contribution in [0.1, 0.15) is 30.7 Å². The molecule has 26 heavy (non-hydrogen) atoms. The lowest BCUT2D eigenvalue weighted by Gasteiger charge is -2.40. The first-order valence-electron chi connectivity index (χ1n) is 8.78. The third kappa shape index (κ3) is 2.94. The molecule has 1 aromatic rings. The molecule has 3 aliphatic rings. The number of phenols is 1. The van der Waals surface area contributed by atoms with Crippen molar-refractivity contribution in [3.8, 4) is 5.75 Å². The van der Waals surface area contributed by atoms with E-state index in [1.165, 1.54) is 6.07 Å². The molecule has 2 saturated heterocycles. The average Bonchev–Trinajstić information content (AvgIpc) is 2.99. The fourth-order valence-electron chi connectivity index (χ4n) is 4.34. The van der Waals surface area contributed by atoms with Gasteiger partial charge in [-0.2, -0.15) is 0 Å². The monoisotopic (exact) mass is 398 g/mol. The van der Waals surface area contributed by atoms with E-state index in [1.54, 1.807) is 15.9 Å². The van der Waals surface area contributed by atoms with E-state index in [9.17, 15) is 19.8 Å². The molecule has 3 fully saturated rings. The number of nitrogens with zero attached hydrogens (tertiary/aromatic N) is 2. The zero-order chi connectivity index (χ0) is 18.6. The van der Waals surface area contributed by atoms with Crippen molar-refractivity contribution in [2.75, 3.05) is 19.6 Å². The lowest BCUT2D eigenvalue weighted by Crippen LogP contribution is -2.57. The number of phenolic OH excluding ortho intramolecular Hbond substituents is 1. The summed E-state index contributed by atoms with van der Waals surface area (Å²) >= 11 is 12.4. The Morgan fingerprint density at radius 3 is 2.58 bits per heavy atom. The number of hydrogen-bond donors (Lipinski definition) is 2. The van der Waals surface area contributed by atoms with Crippen LogP contribution in [0, 0.1) is 5.92 Å². The van der Waals surface area contributed by atoms with Crippen LogP contribution in [0.2, 0.25) is 10.0 Å². The molecule has 0 spiro atoms. The average molecular weight is 399 g/mol.